The van der Waals surface area contributed by atoms with Gasteiger partial charge in [0.1, 0.15) is 5.75 Å². The van der Waals surface area contributed by atoms with E-state index in [0.29, 0.717) is 30.9 Å². The van der Waals surface area contributed by atoms with Gasteiger partial charge in [0.15, 0.2) is 0 Å². The second-order valence-corrected chi connectivity index (χ2v) is 9.01. The van der Waals surface area contributed by atoms with E-state index >= 15 is 0 Å². The number of aromatic nitrogens is 2. The van der Waals surface area contributed by atoms with E-state index in [1.165, 1.54) is 17.7 Å². The molecule has 1 aliphatic rings. The molecule has 37 heavy (non-hydrogen) atoms. The van der Waals surface area contributed by atoms with Crippen LogP contribution in [0.15, 0.2) is 72.9 Å². The maximum atomic E-state index is 12.9. The third kappa shape index (κ3) is 6.14. The predicted octanol–water partition coefficient (Wildman–Crippen LogP) is 5.65. The number of carbonyl (C=O) groups is 1. The molecule has 1 atom stereocenters. The molecule has 10 heteroatoms. The molecule has 192 valence electrons. The smallest absolute Gasteiger partial charge is 0.406 e. The number of nitrogens with zero attached hydrogens (tertiary/aromatic N) is 2. The summed E-state index contributed by atoms with van der Waals surface area (Å²) in [7, 11) is 0. The molecule has 0 radical (unpaired) electrons. The molecule has 4 aromatic rings. The van der Waals surface area contributed by atoms with E-state index in [9.17, 15) is 18.0 Å². The van der Waals surface area contributed by atoms with E-state index in [2.05, 4.69) is 37.7 Å². The number of alkyl halides is 3. The number of nitrogens with one attached hydrogen (secondary N) is 3. The summed E-state index contributed by atoms with van der Waals surface area (Å²) in [5.74, 6) is -0.253. The number of aryl methyl sites for hydroxylation is 1. The van der Waals surface area contributed by atoms with Gasteiger partial charge in [-0.1, -0.05) is 42.5 Å². The van der Waals surface area contributed by atoms with Gasteiger partial charge in [-0.15, -0.1) is 13.2 Å². The average molecular weight is 510 g/mol. The van der Waals surface area contributed by atoms with Crippen LogP contribution in [0.1, 0.15) is 17.5 Å². The van der Waals surface area contributed by atoms with E-state index in [4.69, 9.17) is 0 Å². The Balaban J connectivity index is 1.30. The molecule has 3 aromatic carbocycles. The largest absolute Gasteiger partial charge is 0.573 e. The van der Waals surface area contributed by atoms with Crippen LogP contribution >= 0.6 is 0 Å². The third-order valence-corrected chi connectivity index (χ3v) is 6.34. The number of rotatable bonds is 7. The molecular formula is C27H26F3N5O2. The van der Waals surface area contributed by atoms with Crippen molar-refractivity contribution in [2.24, 2.45) is 0 Å². The maximum absolute atomic E-state index is 12.9. The molecule has 3 N–H and O–H groups in total. The van der Waals surface area contributed by atoms with Gasteiger partial charge in [-0.2, -0.15) is 5.10 Å². The molecule has 7 nitrogen and oxygen atoms in total. The first-order valence-corrected chi connectivity index (χ1v) is 12.0. The molecule has 0 aliphatic carbocycles. The Bertz CT molecular complexity index is 1370. The second-order valence-electron chi connectivity index (χ2n) is 9.01. The van der Waals surface area contributed by atoms with Crippen LogP contribution in [0.3, 0.4) is 0 Å². The highest BCUT2D eigenvalue weighted by molar-refractivity contribution is 6.00. The number of anilines is 2. The van der Waals surface area contributed by atoms with Gasteiger partial charge in [-0.25, -0.2) is 4.79 Å². The summed E-state index contributed by atoms with van der Waals surface area (Å²) >= 11 is 0. The quantitative estimate of drug-likeness (QED) is 0.301. The fourth-order valence-corrected chi connectivity index (χ4v) is 4.75. The van der Waals surface area contributed by atoms with Gasteiger partial charge in [0.2, 0.25) is 0 Å². The Hall–Kier alpha value is -4.21. The molecule has 1 aromatic heterocycles. The van der Waals surface area contributed by atoms with Crippen molar-refractivity contribution in [3.05, 3.63) is 84.1 Å². The van der Waals surface area contributed by atoms with Gasteiger partial charge in [-0.3, -0.25) is 5.10 Å². The van der Waals surface area contributed by atoms with Crippen molar-refractivity contribution in [1.82, 2.24) is 15.5 Å². The summed E-state index contributed by atoms with van der Waals surface area (Å²) in [5.41, 5.74) is 4.18. The van der Waals surface area contributed by atoms with Gasteiger partial charge in [0.25, 0.3) is 0 Å². The van der Waals surface area contributed by atoms with Crippen LogP contribution in [0.25, 0.3) is 10.9 Å². The lowest BCUT2D eigenvalue weighted by atomic mass is 9.97. The first-order chi connectivity index (χ1) is 17.8. The number of H-pyrrole nitrogens is 1. The van der Waals surface area contributed by atoms with Crippen LogP contribution in [0, 0.1) is 0 Å². The zero-order valence-corrected chi connectivity index (χ0v) is 19.9. The van der Waals surface area contributed by atoms with E-state index in [1.807, 2.05) is 35.2 Å². The van der Waals surface area contributed by atoms with E-state index in [-0.39, 0.29) is 17.8 Å². The second kappa shape index (κ2) is 10.4. The molecule has 1 aliphatic heterocycles. The van der Waals surface area contributed by atoms with Crippen LogP contribution in [-0.4, -0.2) is 41.7 Å². The topological polar surface area (TPSA) is 82.3 Å². The summed E-state index contributed by atoms with van der Waals surface area (Å²) in [6, 6.07) is 19.3. The zero-order chi connectivity index (χ0) is 25.8. The fraction of sp³-hybridized carbons (Fsp3) is 0.259. The fourth-order valence-electron chi connectivity index (χ4n) is 4.75. The number of ether oxygens (including phenoxy) is 1. The van der Waals surface area contributed by atoms with Crippen molar-refractivity contribution in [3.8, 4) is 5.75 Å². The molecular weight excluding hydrogens is 483 g/mol. The normalized spacial score (nSPS) is 15.3. The molecule has 0 fully saturated rings. The number of amides is 2. The lowest BCUT2D eigenvalue weighted by molar-refractivity contribution is -0.274. The minimum Gasteiger partial charge on any atom is -0.406 e. The van der Waals surface area contributed by atoms with E-state index in [1.54, 1.807) is 18.3 Å². The Morgan fingerprint density at radius 3 is 2.76 bits per heavy atom. The molecule has 1 unspecified atom stereocenters. The monoisotopic (exact) mass is 509 g/mol. The standard InChI is InChI=1S/C27H26F3N5O2/c28-27(29,30)37-21-12-11-19-14-20(32-26(36)33-23-9-4-10-24-22(23)16-31-34-24)17-35(25(19)15-21)13-5-8-18-6-2-1-3-7-18/h1-4,6-7,9-12,15-16,20H,5,8,13-14,17H2,(H,31,34)(H2,32,33,36). The number of fused-ring (bicyclic) bond motifs is 2. The number of carbonyl (C=O) groups excluding carboxylic acids is 1. The number of hydrogen-bond donors (Lipinski definition) is 3. The molecule has 0 saturated carbocycles. The number of halogens is 3. The number of aromatic amines is 1. The number of urea groups is 1. The Morgan fingerprint density at radius 2 is 1.95 bits per heavy atom. The summed E-state index contributed by atoms with van der Waals surface area (Å²) in [6.45, 7) is 1.08. The van der Waals surface area contributed by atoms with Crippen molar-refractivity contribution in [1.29, 1.82) is 0 Å². The zero-order valence-electron chi connectivity index (χ0n) is 19.9. The van der Waals surface area contributed by atoms with Gasteiger partial charge in [0.05, 0.1) is 23.4 Å². The van der Waals surface area contributed by atoms with Crippen molar-refractivity contribution < 1.29 is 22.7 Å². The minimum absolute atomic E-state index is 0.234. The average Bonchev–Trinajstić information content (AvgIpc) is 3.34. The van der Waals surface area contributed by atoms with Crippen LogP contribution in [0.2, 0.25) is 0 Å². The highest BCUT2D eigenvalue weighted by atomic mass is 19.4. The van der Waals surface area contributed by atoms with Crippen molar-refractivity contribution in [2.75, 3.05) is 23.3 Å². The Labute approximate surface area is 211 Å². The highest BCUT2D eigenvalue weighted by Crippen LogP contribution is 2.33. The number of hydrogen-bond acceptors (Lipinski definition) is 4. The van der Waals surface area contributed by atoms with Crippen LogP contribution < -0.4 is 20.3 Å². The Kier molecular flexibility index (Phi) is 6.89. The van der Waals surface area contributed by atoms with Gasteiger partial charge in [0, 0.05) is 30.2 Å². The molecule has 0 saturated heterocycles. The van der Waals surface area contributed by atoms with E-state index in [0.717, 1.165) is 29.3 Å². The van der Waals surface area contributed by atoms with Crippen molar-refractivity contribution >= 4 is 28.3 Å². The van der Waals surface area contributed by atoms with Crippen LogP contribution in [0.5, 0.6) is 5.75 Å². The van der Waals surface area contributed by atoms with Crippen molar-refractivity contribution in [3.63, 3.8) is 0 Å². The summed E-state index contributed by atoms with van der Waals surface area (Å²) < 4.78 is 42.6. The first-order valence-electron chi connectivity index (χ1n) is 12.0. The molecule has 2 heterocycles. The van der Waals surface area contributed by atoms with Crippen LogP contribution in [0.4, 0.5) is 29.3 Å². The lowest BCUT2D eigenvalue weighted by Gasteiger charge is -2.37. The van der Waals surface area contributed by atoms with Gasteiger partial charge < -0.3 is 20.3 Å². The molecule has 5 rings (SSSR count). The third-order valence-electron chi connectivity index (χ3n) is 6.34. The van der Waals surface area contributed by atoms with E-state index < -0.39 is 6.36 Å². The summed E-state index contributed by atoms with van der Waals surface area (Å²) in [5, 5.41) is 13.6. The van der Waals surface area contributed by atoms with Crippen molar-refractivity contribution in [2.45, 2.75) is 31.7 Å². The van der Waals surface area contributed by atoms with Gasteiger partial charge >= 0.3 is 12.4 Å². The SMILES string of the molecule is O=C(Nc1cccc2[nH]ncc12)NC1Cc2ccc(OC(F)(F)F)cc2N(CCCc2ccccc2)C1. The summed E-state index contributed by atoms with van der Waals surface area (Å²) in [6.07, 6.45) is -0.994. The predicted molar refractivity (Wildman–Crippen MR) is 136 cm³/mol. The lowest BCUT2D eigenvalue weighted by Crippen LogP contribution is -2.49. The molecule has 0 bridgehead atoms. The summed E-state index contributed by atoms with van der Waals surface area (Å²) in [4.78, 5) is 14.9. The molecule has 0 spiro atoms. The molecule has 2 amide bonds. The van der Waals surface area contributed by atoms with Crippen LogP contribution in [-0.2, 0) is 12.8 Å². The first kappa shape index (κ1) is 24.5. The van der Waals surface area contributed by atoms with Gasteiger partial charge in [-0.05, 0) is 48.6 Å². The number of benzene rings is 3. The maximum Gasteiger partial charge on any atom is 0.573 e. The Morgan fingerprint density at radius 1 is 1.11 bits per heavy atom. The highest BCUT2D eigenvalue weighted by Gasteiger charge is 2.32. The minimum atomic E-state index is -4.76.